The molecule has 0 saturated carbocycles. The number of methoxy groups -OCH3 is 1. The molecule has 0 fully saturated rings. The fourth-order valence-electron chi connectivity index (χ4n) is 1.56. The van der Waals surface area contributed by atoms with Crippen LogP contribution in [0, 0.1) is 17.5 Å². The lowest BCUT2D eigenvalue weighted by Gasteiger charge is -2.07. The smallest absolute Gasteiger partial charge is 0.177 e. The molecule has 1 aromatic carbocycles. The van der Waals surface area contributed by atoms with Gasteiger partial charge in [0.1, 0.15) is 11.5 Å². The molecule has 1 heterocycles. The number of nitrogens with two attached hydrogens (primary N) is 1. The summed E-state index contributed by atoms with van der Waals surface area (Å²) in [7, 11) is 2.66. The summed E-state index contributed by atoms with van der Waals surface area (Å²) in [4.78, 5) is 0. The third-order valence-corrected chi connectivity index (χ3v) is 2.51. The molecule has 0 aliphatic heterocycles. The second kappa shape index (κ2) is 4.25. The van der Waals surface area contributed by atoms with Crippen LogP contribution in [0.25, 0.3) is 11.3 Å². The molecule has 0 amide bonds. The predicted molar refractivity (Wildman–Crippen MR) is 59.5 cm³/mol. The Hall–Kier alpha value is -2.18. The zero-order valence-electron chi connectivity index (χ0n) is 9.67. The van der Waals surface area contributed by atoms with Crippen LogP contribution in [0.3, 0.4) is 0 Å². The fraction of sp³-hybridized carbons (Fsp3) is 0.182. The maximum Gasteiger partial charge on any atom is 0.177 e. The van der Waals surface area contributed by atoms with Crippen molar-refractivity contribution in [2.75, 3.05) is 12.8 Å². The Labute approximate surface area is 101 Å². The highest BCUT2D eigenvalue weighted by Crippen LogP contribution is 2.33. The van der Waals surface area contributed by atoms with Crippen LogP contribution in [0.5, 0.6) is 5.75 Å². The standard InChI is InChI=1S/C11H10F3N3O/c1-17-8(15)4-6(16-17)9-10(13)5(12)3-7(18-2)11(9)14/h3-4H,15H2,1-2H3. The minimum absolute atomic E-state index is 0.0946. The van der Waals surface area contributed by atoms with Gasteiger partial charge in [0.05, 0.1) is 12.7 Å². The van der Waals surface area contributed by atoms with Gasteiger partial charge in [-0.15, -0.1) is 0 Å². The van der Waals surface area contributed by atoms with Gasteiger partial charge in [0.15, 0.2) is 23.2 Å². The van der Waals surface area contributed by atoms with Crippen LogP contribution in [-0.2, 0) is 7.05 Å². The van der Waals surface area contributed by atoms with Crippen LogP contribution in [0.4, 0.5) is 19.0 Å². The van der Waals surface area contributed by atoms with Crippen molar-refractivity contribution < 1.29 is 17.9 Å². The summed E-state index contributed by atoms with van der Waals surface area (Å²) in [5.74, 6) is -3.76. The lowest BCUT2D eigenvalue weighted by Crippen LogP contribution is -2.00. The van der Waals surface area contributed by atoms with E-state index in [1.54, 1.807) is 0 Å². The topological polar surface area (TPSA) is 53.1 Å². The SMILES string of the molecule is COc1cc(F)c(F)c(-c2cc(N)n(C)n2)c1F. The van der Waals surface area contributed by atoms with Crippen molar-refractivity contribution in [2.45, 2.75) is 0 Å². The molecule has 4 nitrogen and oxygen atoms in total. The number of aromatic nitrogens is 2. The van der Waals surface area contributed by atoms with E-state index < -0.39 is 28.8 Å². The molecule has 0 radical (unpaired) electrons. The Morgan fingerprint density at radius 3 is 2.39 bits per heavy atom. The highest BCUT2D eigenvalue weighted by Gasteiger charge is 2.23. The minimum Gasteiger partial charge on any atom is -0.494 e. The molecule has 7 heteroatoms. The lowest BCUT2D eigenvalue weighted by atomic mass is 10.1. The van der Waals surface area contributed by atoms with E-state index in [-0.39, 0.29) is 11.5 Å². The van der Waals surface area contributed by atoms with Crippen molar-refractivity contribution in [3.8, 4) is 17.0 Å². The molecule has 0 aliphatic carbocycles. The van der Waals surface area contributed by atoms with E-state index in [4.69, 9.17) is 5.73 Å². The van der Waals surface area contributed by atoms with Crippen LogP contribution in [-0.4, -0.2) is 16.9 Å². The van der Waals surface area contributed by atoms with Gasteiger partial charge in [-0.05, 0) is 0 Å². The van der Waals surface area contributed by atoms with Crippen LogP contribution in [0.15, 0.2) is 12.1 Å². The molecule has 2 N–H and O–H groups in total. The van der Waals surface area contributed by atoms with Crippen molar-refractivity contribution in [3.63, 3.8) is 0 Å². The van der Waals surface area contributed by atoms with Gasteiger partial charge in [0.25, 0.3) is 0 Å². The molecule has 0 aliphatic rings. The van der Waals surface area contributed by atoms with Crippen molar-refractivity contribution in [1.82, 2.24) is 9.78 Å². The third kappa shape index (κ3) is 1.77. The monoisotopic (exact) mass is 257 g/mol. The number of halogens is 3. The molecule has 18 heavy (non-hydrogen) atoms. The molecule has 0 spiro atoms. The van der Waals surface area contributed by atoms with Gasteiger partial charge in [-0.25, -0.2) is 13.2 Å². The normalized spacial score (nSPS) is 10.7. The largest absolute Gasteiger partial charge is 0.494 e. The molecular formula is C11H10F3N3O. The van der Waals surface area contributed by atoms with Gasteiger partial charge in [0, 0.05) is 19.2 Å². The quantitative estimate of drug-likeness (QED) is 0.838. The number of nitrogens with zero attached hydrogens (tertiary/aromatic N) is 2. The summed E-state index contributed by atoms with van der Waals surface area (Å²) >= 11 is 0. The number of aryl methyl sites for hydroxylation is 1. The van der Waals surface area contributed by atoms with E-state index in [0.29, 0.717) is 6.07 Å². The average Bonchev–Trinajstić information content (AvgIpc) is 2.64. The van der Waals surface area contributed by atoms with E-state index in [2.05, 4.69) is 9.84 Å². The summed E-state index contributed by atoms with van der Waals surface area (Å²) < 4.78 is 46.7. The number of ether oxygens (including phenoxy) is 1. The average molecular weight is 257 g/mol. The molecule has 1 aromatic heterocycles. The Kier molecular flexibility index (Phi) is 2.90. The molecule has 2 aromatic rings. The van der Waals surface area contributed by atoms with Crippen LogP contribution in [0.2, 0.25) is 0 Å². The molecule has 96 valence electrons. The first-order valence-electron chi connectivity index (χ1n) is 4.97. The first-order chi connectivity index (χ1) is 8.45. The summed E-state index contributed by atoms with van der Waals surface area (Å²) in [6, 6.07) is 1.89. The van der Waals surface area contributed by atoms with E-state index in [1.807, 2.05) is 0 Å². The van der Waals surface area contributed by atoms with Gasteiger partial charge < -0.3 is 10.5 Å². The summed E-state index contributed by atoms with van der Waals surface area (Å²) in [6.07, 6.45) is 0. The summed E-state index contributed by atoms with van der Waals surface area (Å²) in [5, 5.41) is 3.81. The van der Waals surface area contributed by atoms with Crippen LogP contribution in [0.1, 0.15) is 0 Å². The summed E-state index contributed by atoms with van der Waals surface area (Å²) in [6.45, 7) is 0. The zero-order valence-corrected chi connectivity index (χ0v) is 9.67. The number of hydrogen-bond acceptors (Lipinski definition) is 3. The second-order valence-corrected chi connectivity index (χ2v) is 3.64. The maximum absolute atomic E-state index is 13.9. The molecular weight excluding hydrogens is 247 g/mol. The highest BCUT2D eigenvalue weighted by molar-refractivity contribution is 5.66. The molecule has 2 rings (SSSR count). The molecule has 0 saturated heterocycles. The van der Waals surface area contributed by atoms with Gasteiger partial charge >= 0.3 is 0 Å². The first-order valence-corrected chi connectivity index (χ1v) is 4.97. The van der Waals surface area contributed by atoms with E-state index in [1.165, 1.54) is 17.8 Å². The second-order valence-electron chi connectivity index (χ2n) is 3.64. The highest BCUT2D eigenvalue weighted by atomic mass is 19.2. The van der Waals surface area contributed by atoms with Crippen molar-refractivity contribution in [1.29, 1.82) is 0 Å². The van der Waals surface area contributed by atoms with Gasteiger partial charge in [-0.1, -0.05) is 0 Å². The predicted octanol–water partition coefficient (Wildman–Crippen LogP) is 2.10. The van der Waals surface area contributed by atoms with E-state index in [9.17, 15) is 13.2 Å². The zero-order chi connectivity index (χ0) is 13.4. The number of rotatable bonds is 2. The summed E-state index contributed by atoms with van der Waals surface area (Å²) in [5.41, 5.74) is 4.82. The number of anilines is 1. The number of benzene rings is 1. The maximum atomic E-state index is 13.9. The van der Waals surface area contributed by atoms with Gasteiger partial charge in [-0.3, -0.25) is 4.68 Å². The van der Waals surface area contributed by atoms with Crippen LogP contribution >= 0.6 is 0 Å². The molecule has 0 unspecified atom stereocenters. The Morgan fingerprint density at radius 1 is 1.22 bits per heavy atom. The van der Waals surface area contributed by atoms with Crippen molar-refractivity contribution >= 4 is 5.82 Å². The Bertz CT molecular complexity index is 591. The number of nitrogen functional groups attached to an aromatic ring is 1. The van der Waals surface area contributed by atoms with Gasteiger partial charge in [0.2, 0.25) is 0 Å². The third-order valence-electron chi connectivity index (χ3n) is 2.51. The number of hydrogen-bond donors (Lipinski definition) is 1. The lowest BCUT2D eigenvalue weighted by molar-refractivity contribution is 0.377. The molecule has 0 bridgehead atoms. The molecule has 0 atom stereocenters. The van der Waals surface area contributed by atoms with Crippen LogP contribution < -0.4 is 10.5 Å². The van der Waals surface area contributed by atoms with Crippen molar-refractivity contribution in [3.05, 3.63) is 29.6 Å². The minimum atomic E-state index is -1.33. The first kappa shape index (κ1) is 12.3. The van der Waals surface area contributed by atoms with E-state index in [0.717, 1.165) is 7.11 Å². The van der Waals surface area contributed by atoms with Crippen molar-refractivity contribution in [2.24, 2.45) is 7.05 Å². The fourth-order valence-corrected chi connectivity index (χ4v) is 1.56. The Morgan fingerprint density at radius 2 is 1.89 bits per heavy atom. The van der Waals surface area contributed by atoms with E-state index >= 15 is 0 Å². The Balaban J connectivity index is 2.73. The van der Waals surface area contributed by atoms with Gasteiger partial charge in [-0.2, -0.15) is 5.10 Å².